The Labute approximate surface area is 311 Å². The number of likely N-dealkylation sites (N-methyl/N-ethyl adjacent to an activating group) is 1. The van der Waals surface area contributed by atoms with E-state index in [1.54, 1.807) is 6.07 Å². The highest BCUT2D eigenvalue weighted by Gasteiger charge is 2.16. The van der Waals surface area contributed by atoms with Crippen LogP contribution in [0.5, 0.6) is 0 Å². The summed E-state index contributed by atoms with van der Waals surface area (Å²) in [6.07, 6.45) is 10.7. The second-order valence-corrected chi connectivity index (χ2v) is 13.3. The molecule has 0 radical (unpaired) electrons. The van der Waals surface area contributed by atoms with Gasteiger partial charge in [-0.15, -0.1) is 0 Å². The first-order chi connectivity index (χ1) is 25.2. The van der Waals surface area contributed by atoms with Crippen molar-refractivity contribution >= 4 is 36.4 Å². The maximum atomic E-state index is 11.6. The maximum absolute atomic E-state index is 11.6. The Hall–Kier alpha value is -4.28. The zero-order valence-electron chi connectivity index (χ0n) is 31.5. The van der Waals surface area contributed by atoms with Crippen LogP contribution >= 0.6 is 0 Å². The van der Waals surface area contributed by atoms with Crippen LogP contribution in [0, 0.1) is 11.8 Å². The lowest BCUT2D eigenvalue weighted by Gasteiger charge is -2.34. The second kappa shape index (κ2) is 26.5. The van der Waals surface area contributed by atoms with Crippen molar-refractivity contribution in [3.8, 4) is 11.8 Å². The molecule has 3 amide bonds. The summed E-state index contributed by atoms with van der Waals surface area (Å²) in [6, 6.07) is 14.5. The number of nitrogens with two attached hydrogens (primary N) is 2. The van der Waals surface area contributed by atoms with Gasteiger partial charge >= 0.3 is 0 Å². The molecule has 52 heavy (non-hydrogen) atoms. The van der Waals surface area contributed by atoms with Gasteiger partial charge in [0.25, 0.3) is 0 Å². The second-order valence-electron chi connectivity index (χ2n) is 13.3. The first-order valence-electron chi connectivity index (χ1n) is 18.5. The highest BCUT2D eigenvalue weighted by Crippen LogP contribution is 2.19. The van der Waals surface area contributed by atoms with E-state index in [1.165, 1.54) is 37.8 Å². The molecule has 1 aliphatic heterocycles. The van der Waals surface area contributed by atoms with E-state index in [0.29, 0.717) is 44.0 Å². The lowest BCUT2D eigenvalue weighted by molar-refractivity contribution is -0.125. The third kappa shape index (κ3) is 17.8. The molecule has 1 heterocycles. The van der Waals surface area contributed by atoms with Crippen LogP contribution in [0.4, 0.5) is 11.4 Å². The third-order valence-electron chi connectivity index (χ3n) is 9.37. The minimum Gasteiger partial charge on any atom is -0.399 e. The molecule has 1 atom stereocenters. The van der Waals surface area contributed by atoms with Gasteiger partial charge in [0, 0.05) is 86.8 Å². The van der Waals surface area contributed by atoms with Gasteiger partial charge in [-0.1, -0.05) is 43.2 Å². The van der Waals surface area contributed by atoms with Gasteiger partial charge in [-0.3, -0.25) is 29.4 Å². The van der Waals surface area contributed by atoms with Crippen LogP contribution < -0.4 is 27.0 Å². The molecular formula is C40H61N7O5. The van der Waals surface area contributed by atoms with Crippen molar-refractivity contribution < 1.29 is 23.9 Å². The van der Waals surface area contributed by atoms with Crippen LogP contribution in [0.3, 0.4) is 0 Å². The van der Waals surface area contributed by atoms with Gasteiger partial charge in [-0.25, -0.2) is 0 Å². The van der Waals surface area contributed by atoms with E-state index in [4.69, 9.17) is 15.3 Å². The van der Waals surface area contributed by atoms with Crippen molar-refractivity contribution in [3.63, 3.8) is 0 Å². The zero-order chi connectivity index (χ0) is 38.0. The van der Waals surface area contributed by atoms with Crippen LogP contribution in [0.1, 0.15) is 86.2 Å². The monoisotopic (exact) mass is 719 g/mol. The average molecular weight is 720 g/mol. The molecule has 1 aliphatic carbocycles. The summed E-state index contributed by atoms with van der Waals surface area (Å²) in [5, 5.41) is 5.79. The van der Waals surface area contributed by atoms with Crippen molar-refractivity contribution in [2.75, 3.05) is 70.7 Å². The van der Waals surface area contributed by atoms with Gasteiger partial charge in [-0.2, -0.15) is 0 Å². The first kappa shape index (κ1) is 43.9. The Morgan fingerprint density at radius 2 is 1.73 bits per heavy atom. The molecule has 0 bridgehead atoms. The minimum absolute atomic E-state index is 0.0916. The van der Waals surface area contributed by atoms with Crippen molar-refractivity contribution in [1.82, 2.24) is 20.4 Å². The number of piperazine rings is 1. The number of amides is 3. The number of nitrogen functional groups attached to an aromatic ring is 1. The maximum Gasteiger partial charge on any atom is 0.226 e. The molecule has 12 nitrogen and oxygen atoms in total. The summed E-state index contributed by atoms with van der Waals surface area (Å²) in [6.45, 7) is 9.41. The molecule has 1 saturated carbocycles. The standard InChI is InChI=1S/C28H41N3O4.C11H17N3.CH3NO/c1-23(15-16-28(34)30-22-33)31(2)20-27-24(11-8-12-25(27)21-32)10-6-7-18-35-19-9-17-29-26-13-4-3-5-14-26;1-13-6-8-14(9-7-13)11-4-2-10(12)3-5-11;2-1-3/h8,11-12,21-23,26,29H,3-5,7,9,13-20H2,1-2H3,(H,30,33,34);2-5H,6-9,12H2,1H3;1H,(H2,2,3). The van der Waals surface area contributed by atoms with E-state index in [0.717, 1.165) is 68.9 Å². The molecule has 6 N–H and O–H groups in total. The quantitative estimate of drug-likeness (QED) is 0.0874. The smallest absolute Gasteiger partial charge is 0.226 e. The Bertz CT molecular complexity index is 1380. The predicted octanol–water partition coefficient (Wildman–Crippen LogP) is 3.56. The van der Waals surface area contributed by atoms with Gasteiger partial charge in [0.15, 0.2) is 0 Å². The van der Waals surface area contributed by atoms with E-state index in [2.05, 4.69) is 62.1 Å². The fourth-order valence-electron chi connectivity index (χ4n) is 6.03. The summed E-state index contributed by atoms with van der Waals surface area (Å²) in [7, 11) is 4.12. The first-order valence-corrected chi connectivity index (χ1v) is 18.5. The topological polar surface area (TPSA) is 163 Å². The number of carbonyl (C=O) groups excluding carboxylic acids is 4. The van der Waals surface area contributed by atoms with Crippen LogP contribution in [0.2, 0.25) is 0 Å². The molecule has 2 aromatic rings. The van der Waals surface area contributed by atoms with E-state index in [-0.39, 0.29) is 24.8 Å². The summed E-state index contributed by atoms with van der Waals surface area (Å²) in [4.78, 5) is 49.0. The number of hydrogen-bond donors (Lipinski definition) is 4. The lowest BCUT2D eigenvalue weighted by atomic mass is 9.95. The van der Waals surface area contributed by atoms with Crippen molar-refractivity contribution in [2.45, 2.75) is 83.3 Å². The number of ether oxygens (including phenoxy) is 1. The molecular weight excluding hydrogens is 658 g/mol. The fraction of sp³-hybridized carbons (Fsp3) is 0.550. The van der Waals surface area contributed by atoms with Crippen LogP contribution in [0.15, 0.2) is 42.5 Å². The lowest BCUT2D eigenvalue weighted by Crippen LogP contribution is -2.44. The average Bonchev–Trinajstić information content (AvgIpc) is 3.15. The minimum atomic E-state index is -0.289. The predicted molar refractivity (Wildman–Crippen MR) is 209 cm³/mol. The normalized spacial score (nSPS) is 15.1. The Balaban J connectivity index is 0.000000451. The summed E-state index contributed by atoms with van der Waals surface area (Å²) in [5.74, 6) is 6.11. The molecule has 0 aromatic heterocycles. The van der Waals surface area contributed by atoms with Crippen molar-refractivity contribution in [1.29, 1.82) is 0 Å². The van der Waals surface area contributed by atoms with Crippen molar-refractivity contribution in [2.24, 2.45) is 5.73 Å². The zero-order valence-corrected chi connectivity index (χ0v) is 31.5. The Kier molecular flexibility index (Phi) is 22.4. The SMILES string of the molecule is CC(CCC(=O)NC=O)N(C)Cc1c(C#CCCOCCCNC2CCCCC2)cccc1C=O.CN1CCN(c2ccc(N)cc2)CC1.NC=O. The van der Waals surface area contributed by atoms with E-state index < -0.39 is 0 Å². The van der Waals surface area contributed by atoms with E-state index in [1.807, 2.05) is 38.2 Å². The number of hydrogen-bond acceptors (Lipinski definition) is 10. The van der Waals surface area contributed by atoms with Crippen LogP contribution in [0.25, 0.3) is 0 Å². The largest absolute Gasteiger partial charge is 0.399 e. The number of primary amides is 1. The summed E-state index contributed by atoms with van der Waals surface area (Å²) >= 11 is 0. The molecule has 4 rings (SSSR count). The molecule has 2 aliphatic rings. The number of rotatable bonds is 16. The molecule has 0 spiro atoms. The van der Waals surface area contributed by atoms with Gasteiger partial charge in [0.05, 0.1) is 6.61 Å². The molecule has 1 unspecified atom stereocenters. The number of imide groups is 1. The third-order valence-corrected chi connectivity index (χ3v) is 9.37. The van der Waals surface area contributed by atoms with Gasteiger partial charge < -0.3 is 31.3 Å². The number of nitrogens with zero attached hydrogens (tertiary/aromatic N) is 3. The summed E-state index contributed by atoms with van der Waals surface area (Å²) in [5.41, 5.74) is 14.3. The summed E-state index contributed by atoms with van der Waals surface area (Å²) < 4.78 is 5.73. The van der Waals surface area contributed by atoms with E-state index in [9.17, 15) is 14.4 Å². The van der Waals surface area contributed by atoms with Crippen molar-refractivity contribution in [3.05, 3.63) is 59.2 Å². The Morgan fingerprint density at radius 3 is 2.38 bits per heavy atom. The molecule has 12 heteroatoms. The fourth-order valence-corrected chi connectivity index (χ4v) is 6.03. The highest BCUT2D eigenvalue weighted by molar-refractivity contribution is 5.85. The number of nitrogens with one attached hydrogen (secondary N) is 2. The number of benzene rings is 2. The number of anilines is 2. The molecule has 286 valence electrons. The van der Waals surface area contributed by atoms with Gasteiger partial charge in [0.1, 0.15) is 6.29 Å². The van der Waals surface area contributed by atoms with Crippen LogP contribution in [-0.2, 0) is 25.7 Å². The highest BCUT2D eigenvalue weighted by atomic mass is 16.5. The number of aldehydes is 1. The number of carbonyl (C=O) groups is 4. The van der Waals surface area contributed by atoms with E-state index >= 15 is 0 Å². The van der Waals surface area contributed by atoms with Gasteiger partial charge in [0.2, 0.25) is 18.7 Å². The van der Waals surface area contributed by atoms with Crippen LogP contribution in [-0.4, -0.2) is 107 Å². The Morgan fingerprint density at radius 1 is 1.04 bits per heavy atom. The molecule has 2 fully saturated rings. The molecule has 2 aromatic carbocycles. The van der Waals surface area contributed by atoms with Gasteiger partial charge in [-0.05, 0) is 89.1 Å². The molecule has 1 saturated heterocycles.